The Labute approximate surface area is 149 Å². The lowest BCUT2D eigenvalue weighted by Crippen LogP contribution is -2.20. The fourth-order valence-electron chi connectivity index (χ4n) is 2.44. The lowest BCUT2D eigenvalue weighted by atomic mass is 9.86. The Kier molecular flexibility index (Phi) is 5.13. The number of nitrogen functional groups attached to an aromatic ring is 1. The van der Waals surface area contributed by atoms with Gasteiger partial charge >= 0.3 is 0 Å². The van der Waals surface area contributed by atoms with Crippen molar-refractivity contribution < 1.29 is 9.53 Å². The van der Waals surface area contributed by atoms with Gasteiger partial charge in [-0.2, -0.15) is 0 Å². The quantitative estimate of drug-likeness (QED) is 0.831. The number of carbonyl (C=O) groups excluding carboxylic acids is 1. The molecule has 1 heterocycles. The number of ether oxygens (including phenoxy) is 1. The number of hydrogen-bond acceptors (Lipinski definition) is 5. The topological polar surface area (TPSA) is 104 Å². The fraction of sp³-hybridized carbons (Fsp3) is 0.353. The molecule has 0 fully saturated rings. The Morgan fingerprint density at radius 1 is 1.29 bits per heavy atom. The van der Waals surface area contributed by atoms with Gasteiger partial charge in [0.05, 0.1) is 17.0 Å². The minimum absolute atomic E-state index is 0.0799. The molecule has 2 rings (SSSR count). The van der Waals surface area contributed by atoms with E-state index in [-0.39, 0.29) is 23.5 Å². The zero-order chi connectivity index (χ0) is 18.1. The summed E-state index contributed by atoms with van der Waals surface area (Å²) < 4.78 is 6.90. The standard InChI is InChI=1S/C17H21BrN4O2/c1-9-14(15(19)23)12(22-16(20)21-9)8-24-13-6-5-10(18)7-11(13)17(2,3)4/h5-7H,8H2,1-4H3,(H2,19,23)(H2,20,21,22). The van der Waals surface area contributed by atoms with Crippen LogP contribution >= 0.6 is 15.9 Å². The molecule has 0 saturated carbocycles. The highest BCUT2D eigenvalue weighted by atomic mass is 79.9. The summed E-state index contributed by atoms with van der Waals surface area (Å²) in [5.41, 5.74) is 13.1. The molecule has 0 radical (unpaired) electrons. The molecular weight excluding hydrogens is 372 g/mol. The fourth-order valence-corrected chi connectivity index (χ4v) is 2.80. The highest BCUT2D eigenvalue weighted by Crippen LogP contribution is 2.34. The van der Waals surface area contributed by atoms with Gasteiger partial charge < -0.3 is 16.2 Å². The van der Waals surface area contributed by atoms with Crippen molar-refractivity contribution in [3.05, 3.63) is 45.2 Å². The lowest BCUT2D eigenvalue weighted by Gasteiger charge is -2.23. The number of anilines is 1. The van der Waals surface area contributed by atoms with Crippen LogP contribution in [0.15, 0.2) is 22.7 Å². The van der Waals surface area contributed by atoms with Crippen LogP contribution in [-0.2, 0) is 12.0 Å². The average Bonchev–Trinajstić information content (AvgIpc) is 2.43. The average molecular weight is 393 g/mol. The van der Waals surface area contributed by atoms with Gasteiger partial charge in [-0.3, -0.25) is 4.79 Å². The number of benzene rings is 1. The van der Waals surface area contributed by atoms with Crippen molar-refractivity contribution >= 4 is 27.8 Å². The van der Waals surface area contributed by atoms with Crippen molar-refractivity contribution in [3.63, 3.8) is 0 Å². The number of halogens is 1. The molecule has 0 aliphatic heterocycles. The first-order valence-electron chi connectivity index (χ1n) is 7.45. The minimum atomic E-state index is -0.599. The van der Waals surface area contributed by atoms with Gasteiger partial charge in [-0.15, -0.1) is 0 Å². The van der Waals surface area contributed by atoms with Crippen molar-refractivity contribution in [1.29, 1.82) is 0 Å². The van der Waals surface area contributed by atoms with Crippen LogP contribution in [0.1, 0.15) is 48.1 Å². The van der Waals surface area contributed by atoms with E-state index in [2.05, 4.69) is 46.7 Å². The van der Waals surface area contributed by atoms with Gasteiger partial charge in [0, 0.05) is 10.0 Å². The number of nitrogens with two attached hydrogens (primary N) is 2. The zero-order valence-electron chi connectivity index (χ0n) is 14.2. The highest BCUT2D eigenvalue weighted by Gasteiger charge is 2.21. The molecule has 2 aromatic rings. The molecule has 128 valence electrons. The predicted molar refractivity (Wildman–Crippen MR) is 96.9 cm³/mol. The van der Waals surface area contributed by atoms with Gasteiger partial charge in [0.25, 0.3) is 5.91 Å². The molecule has 0 aliphatic carbocycles. The summed E-state index contributed by atoms with van der Waals surface area (Å²) in [6.07, 6.45) is 0. The predicted octanol–water partition coefficient (Wildman–Crippen LogP) is 3.11. The Bertz CT molecular complexity index is 785. The zero-order valence-corrected chi connectivity index (χ0v) is 15.8. The number of hydrogen-bond donors (Lipinski definition) is 2. The van der Waals surface area contributed by atoms with Crippen molar-refractivity contribution in [1.82, 2.24) is 9.97 Å². The molecule has 1 amide bonds. The maximum atomic E-state index is 11.7. The number of carbonyl (C=O) groups is 1. The van der Waals surface area contributed by atoms with Crippen molar-refractivity contribution in [2.24, 2.45) is 5.73 Å². The van der Waals surface area contributed by atoms with Gasteiger partial charge in [-0.25, -0.2) is 9.97 Å². The van der Waals surface area contributed by atoms with Crippen LogP contribution < -0.4 is 16.2 Å². The first-order chi connectivity index (χ1) is 11.1. The Morgan fingerprint density at radius 3 is 2.54 bits per heavy atom. The maximum Gasteiger partial charge on any atom is 0.252 e. The minimum Gasteiger partial charge on any atom is -0.487 e. The first-order valence-corrected chi connectivity index (χ1v) is 8.24. The van der Waals surface area contributed by atoms with E-state index in [4.69, 9.17) is 16.2 Å². The van der Waals surface area contributed by atoms with Crippen LogP contribution in [-0.4, -0.2) is 15.9 Å². The number of amides is 1. The second kappa shape index (κ2) is 6.76. The summed E-state index contributed by atoms with van der Waals surface area (Å²) >= 11 is 3.48. The molecule has 6 nitrogen and oxygen atoms in total. The molecule has 0 bridgehead atoms. The number of nitrogens with zero attached hydrogens (tertiary/aromatic N) is 2. The second-order valence-corrected chi connectivity index (χ2v) is 7.45. The van der Waals surface area contributed by atoms with E-state index in [1.54, 1.807) is 6.92 Å². The third kappa shape index (κ3) is 4.03. The van der Waals surface area contributed by atoms with Gasteiger partial charge in [0.2, 0.25) is 5.95 Å². The number of aromatic nitrogens is 2. The van der Waals surface area contributed by atoms with E-state index in [0.717, 1.165) is 15.8 Å². The van der Waals surface area contributed by atoms with E-state index < -0.39 is 5.91 Å². The number of rotatable bonds is 4. The van der Waals surface area contributed by atoms with E-state index in [1.165, 1.54) is 0 Å². The summed E-state index contributed by atoms with van der Waals surface area (Å²) in [5.74, 6) is 0.205. The monoisotopic (exact) mass is 392 g/mol. The second-order valence-electron chi connectivity index (χ2n) is 6.53. The van der Waals surface area contributed by atoms with Crippen molar-refractivity contribution in [3.8, 4) is 5.75 Å². The Hall–Kier alpha value is -2.15. The van der Waals surface area contributed by atoms with Crippen LogP contribution in [0.25, 0.3) is 0 Å². The molecule has 24 heavy (non-hydrogen) atoms. The van der Waals surface area contributed by atoms with Crippen LogP contribution in [0.3, 0.4) is 0 Å². The smallest absolute Gasteiger partial charge is 0.252 e. The summed E-state index contributed by atoms with van der Waals surface area (Å²) in [5, 5.41) is 0. The van der Waals surface area contributed by atoms with Gasteiger partial charge in [-0.1, -0.05) is 36.7 Å². The Balaban J connectivity index is 2.38. The molecule has 7 heteroatoms. The van der Waals surface area contributed by atoms with Crippen molar-refractivity contribution in [2.75, 3.05) is 5.73 Å². The number of primary amides is 1. The van der Waals surface area contributed by atoms with Crippen LogP contribution in [0.4, 0.5) is 5.95 Å². The summed E-state index contributed by atoms with van der Waals surface area (Å²) in [6, 6.07) is 5.80. The van der Waals surface area contributed by atoms with E-state index >= 15 is 0 Å². The highest BCUT2D eigenvalue weighted by molar-refractivity contribution is 9.10. The molecule has 0 spiro atoms. The lowest BCUT2D eigenvalue weighted by molar-refractivity contribution is 0.0996. The van der Waals surface area contributed by atoms with Gasteiger partial charge in [0.15, 0.2) is 0 Å². The Morgan fingerprint density at radius 2 is 1.96 bits per heavy atom. The molecule has 4 N–H and O–H groups in total. The number of aryl methyl sites for hydroxylation is 1. The van der Waals surface area contributed by atoms with Crippen LogP contribution in [0, 0.1) is 6.92 Å². The summed E-state index contributed by atoms with van der Waals surface area (Å²) in [6.45, 7) is 8.05. The molecule has 0 atom stereocenters. The molecule has 0 saturated heterocycles. The van der Waals surface area contributed by atoms with Crippen molar-refractivity contribution in [2.45, 2.75) is 39.7 Å². The molecule has 1 aromatic carbocycles. The largest absolute Gasteiger partial charge is 0.487 e. The maximum absolute atomic E-state index is 11.7. The SMILES string of the molecule is Cc1nc(N)nc(COc2ccc(Br)cc2C(C)(C)C)c1C(N)=O. The molecule has 0 unspecified atom stereocenters. The van der Waals surface area contributed by atoms with E-state index in [9.17, 15) is 4.79 Å². The normalized spacial score (nSPS) is 11.4. The van der Waals surface area contributed by atoms with E-state index in [1.807, 2.05) is 18.2 Å². The van der Waals surface area contributed by atoms with Gasteiger partial charge in [0.1, 0.15) is 12.4 Å². The van der Waals surface area contributed by atoms with Crippen LogP contribution in [0.5, 0.6) is 5.75 Å². The van der Waals surface area contributed by atoms with E-state index in [0.29, 0.717) is 11.4 Å². The summed E-state index contributed by atoms with van der Waals surface area (Å²) in [4.78, 5) is 19.8. The third-order valence-electron chi connectivity index (χ3n) is 3.54. The molecule has 0 aliphatic rings. The van der Waals surface area contributed by atoms with Crippen LogP contribution in [0.2, 0.25) is 0 Å². The molecule has 1 aromatic heterocycles. The third-order valence-corrected chi connectivity index (χ3v) is 4.04. The van der Waals surface area contributed by atoms with Gasteiger partial charge in [-0.05, 0) is 30.5 Å². The summed E-state index contributed by atoms with van der Waals surface area (Å²) in [7, 11) is 0. The first kappa shape index (κ1) is 18.2. The molecular formula is C17H21BrN4O2.